The third-order valence-corrected chi connectivity index (χ3v) is 3.57. The van der Waals surface area contributed by atoms with Crippen LogP contribution in [0, 0.1) is 0 Å². The van der Waals surface area contributed by atoms with Crippen molar-refractivity contribution in [3.8, 4) is 0 Å². The largest absolute Gasteiger partial charge is 0.349 e. The van der Waals surface area contributed by atoms with Gasteiger partial charge in [-0.3, -0.25) is 4.90 Å². The van der Waals surface area contributed by atoms with Crippen molar-refractivity contribution in [3.63, 3.8) is 0 Å². The molecule has 1 aliphatic heterocycles. The van der Waals surface area contributed by atoms with Gasteiger partial charge in [-0.1, -0.05) is 6.92 Å². The SMILES string of the molecule is CC[C@H]1c2cccn2CCN1Cc1ncc[nH]1. The Morgan fingerprint density at radius 2 is 2.41 bits per heavy atom. The van der Waals surface area contributed by atoms with Crippen LogP contribution in [0.15, 0.2) is 30.7 Å². The number of hydrogen-bond acceptors (Lipinski definition) is 2. The van der Waals surface area contributed by atoms with Crippen LogP contribution in [0.25, 0.3) is 0 Å². The van der Waals surface area contributed by atoms with E-state index in [2.05, 4.69) is 44.7 Å². The monoisotopic (exact) mass is 230 g/mol. The summed E-state index contributed by atoms with van der Waals surface area (Å²) in [5.41, 5.74) is 1.44. The number of nitrogens with one attached hydrogen (secondary N) is 1. The van der Waals surface area contributed by atoms with E-state index in [-0.39, 0.29) is 0 Å². The van der Waals surface area contributed by atoms with Gasteiger partial charge in [-0.15, -0.1) is 0 Å². The fraction of sp³-hybridized carbons (Fsp3) is 0.462. The predicted molar refractivity (Wildman–Crippen MR) is 66.5 cm³/mol. The van der Waals surface area contributed by atoms with E-state index < -0.39 is 0 Å². The lowest BCUT2D eigenvalue weighted by Gasteiger charge is -2.36. The van der Waals surface area contributed by atoms with Crippen molar-refractivity contribution in [1.29, 1.82) is 0 Å². The van der Waals surface area contributed by atoms with Gasteiger partial charge in [0.25, 0.3) is 0 Å². The minimum atomic E-state index is 0.517. The molecule has 2 aromatic rings. The van der Waals surface area contributed by atoms with E-state index >= 15 is 0 Å². The molecule has 0 spiro atoms. The third kappa shape index (κ3) is 1.89. The van der Waals surface area contributed by atoms with Crippen molar-refractivity contribution in [1.82, 2.24) is 19.4 Å². The zero-order valence-corrected chi connectivity index (χ0v) is 10.1. The van der Waals surface area contributed by atoms with Crippen LogP contribution in [0.3, 0.4) is 0 Å². The number of rotatable bonds is 3. The Kier molecular flexibility index (Phi) is 2.73. The lowest BCUT2D eigenvalue weighted by Crippen LogP contribution is -2.37. The summed E-state index contributed by atoms with van der Waals surface area (Å²) >= 11 is 0. The number of imidazole rings is 1. The van der Waals surface area contributed by atoms with Gasteiger partial charge in [0.15, 0.2) is 0 Å². The first-order chi connectivity index (χ1) is 8.38. The van der Waals surface area contributed by atoms with Crippen LogP contribution < -0.4 is 0 Å². The van der Waals surface area contributed by atoms with Crippen LogP contribution in [-0.4, -0.2) is 26.0 Å². The van der Waals surface area contributed by atoms with Crippen LogP contribution in [0.5, 0.6) is 0 Å². The highest BCUT2D eigenvalue weighted by molar-refractivity contribution is 5.14. The molecule has 4 heteroatoms. The van der Waals surface area contributed by atoms with Crippen LogP contribution in [0.4, 0.5) is 0 Å². The maximum absolute atomic E-state index is 4.32. The van der Waals surface area contributed by atoms with Gasteiger partial charge in [-0.2, -0.15) is 0 Å². The second-order valence-electron chi connectivity index (χ2n) is 4.56. The molecule has 0 bridgehead atoms. The normalized spacial score (nSPS) is 20.4. The molecule has 0 radical (unpaired) electrons. The van der Waals surface area contributed by atoms with E-state index in [1.54, 1.807) is 0 Å². The lowest BCUT2D eigenvalue weighted by atomic mass is 10.1. The number of aromatic amines is 1. The molecule has 3 rings (SSSR count). The molecule has 3 heterocycles. The Morgan fingerprint density at radius 3 is 3.18 bits per heavy atom. The Hall–Kier alpha value is -1.55. The standard InChI is InChI=1S/C13H18N4/c1-2-11-12-4-3-7-16(12)8-9-17(11)10-13-14-5-6-15-13/h3-7,11H,2,8-10H2,1H3,(H,14,15)/t11-/m0/s1. The summed E-state index contributed by atoms with van der Waals surface area (Å²) in [7, 11) is 0. The Bertz CT molecular complexity index is 471. The fourth-order valence-corrected chi connectivity index (χ4v) is 2.75. The molecular formula is C13H18N4. The molecule has 0 aliphatic carbocycles. The average molecular weight is 230 g/mol. The van der Waals surface area contributed by atoms with Gasteiger partial charge >= 0.3 is 0 Å². The van der Waals surface area contributed by atoms with Gasteiger partial charge in [-0.25, -0.2) is 4.98 Å². The molecule has 1 aliphatic rings. The lowest BCUT2D eigenvalue weighted by molar-refractivity contribution is 0.141. The molecule has 0 saturated carbocycles. The van der Waals surface area contributed by atoms with Gasteiger partial charge < -0.3 is 9.55 Å². The minimum Gasteiger partial charge on any atom is -0.349 e. The number of fused-ring (bicyclic) bond motifs is 1. The summed E-state index contributed by atoms with van der Waals surface area (Å²) in [4.78, 5) is 10.0. The molecule has 0 amide bonds. The van der Waals surface area contributed by atoms with Crippen molar-refractivity contribution in [2.75, 3.05) is 6.54 Å². The number of H-pyrrole nitrogens is 1. The minimum absolute atomic E-state index is 0.517. The molecule has 0 aromatic carbocycles. The summed E-state index contributed by atoms with van der Waals surface area (Å²) in [6.45, 7) is 5.35. The van der Waals surface area contributed by atoms with Gasteiger partial charge in [0, 0.05) is 37.4 Å². The van der Waals surface area contributed by atoms with Gasteiger partial charge in [-0.05, 0) is 18.6 Å². The highest BCUT2D eigenvalue weighted by Gasteiger charge is 2.25. The van der Waals surface area contributed by atoms with E-state index in [1.165, 1.54) is 5.69 Å². The summed E-state index contributed by atoms with van der Waals surface area (Å²) in [6, 6.07) is 4.90. The Labute approximate surface area is 101 Å². The zero-order valence-electron chi connectivity index (χ0n) is 10.1. The summed E-state index contributed by atoms with van der Waals surface area (Å²) < 4.78 is 2.37. The first-order valence-corrected chi connectivity index (χ1v) is 6.26. The Morgan fingerprint density at radius 1 is 1.47 bits per heavy atom. The van der Waals surface area contributed by atoms with Gasteiger partial charge in [0.1, 0.15) is 5.82 Å². The van der Waals surface area contributed by atoms with Gasteiger partial charge in [0.05, 0.1) is 12.6 Å². The van der Waals surface area contributed by atoms with E-state index in [1.807, 2.05) is 12.4 Å². The van der Waals surface area contributed by atoms with Gasteiger partial charge in [0.2, 0.25) is 0 Å². The topological polar surface area (TPSA) is 36.9 Å². The molecule has 1 atom stereocenters. The molecular weight excluding hydrogens is 212 g/mol. The van der Waals surface area contributed by atoms with Crippen molar-refractivity contribution >= 4 is 0 Å². The van der Waals surface area contributed by atoms with Crippen LogP contribution in [-0.2, 0) is 13.1 Å². The van der Waals surface area contributed by atoms with E-state index in [0.717, 1.165) is 31.9 Å². The molecule has 90 valence electrons. The predicted octanol–water partition coefficient (Wildman–Crippen LogP) is 2.18. The van der Waals surface area contributed by atoms with Crippen LogP contribution in [0.1, 0.15) is 30.9 Å². The molecule has 0 fully saturated rings. The third-order valence-electron chi connectivity index (χ3n) is 3.57. The smallest absolute Gasteiger partial charge is 0.120 e. The van der Waals surface area contributed by atoms with Crippen molar-refractivity contribution in [2.24, 2.45) is 0 Å². The molecule has 0 saturated heterocycles. The zero-order chi connectivity index (χ0) is 11.7. The molecule has 0 unspecified atom stereocenters. The number of aromatic nitrogens is 3. The maximum Gasteiger partial charge on any atom is 0.120 e. The molecule has 2 aromatic heterocycles. The molecule has 17 heavy (non-hydrogen) atoms. The van der Waals surface area contributed by atoms with Crippen LogP contribution >= 0.6 is 0 Å². The van der Waals surface area contributed by atoms with Crippen molar-refractivity contribution < 1.29 is 0 Å². The second-order valence-corrected chi connectivity index (χ2v) is 4.56. The summed E-state index contributed by atoms with van der Waals surface area (Å²) in [6.07, 6.45) is 7.04. The molecule has 1 N–H and O–H groups in total. The van der Waals surface area contributed by atoms with E-state index in [9.17, 15) is 0 Å². The Balaban J connectivity index is 1.82. The summed E-state index contributed by atoms with van der Waals surface area (Å²) in [5.74, 6) is 1.06. The average Bonchev–Trinajstić information content (AvgIpc) is 2.98. The highest BCUT2D eigenvalue weighted by atomic mass is 15.2. The van der Waals surface area contributed by atoms with Crippen molar-refractivity contribution in [2.45, 2.75) is 32.5 Å². The first-order valence-electron chi connectivity index (χ1n) is 6.26. The highest BCUT2D eigenvalue weighted by Crippen LogP contribution is 2.29. The van der Waals surface area contributed by atoms with Crippen molar-refractivity contribution in [3.05, 3.63) is 42.2 Å². The second kappa shape index (κ2) is 4.37. The first kappa shape index (κ1) is 10.6. The summed E-state index contributed by atoms with van der Waals surface area (Å²) in [5, 5.41) is 0. The number of hydrogen-bond donors (Lipinski definition) is 1. The number of nitrogens with zero attached hydrogens (tertiary/aromatic N) is 3. The maximum atomic E-state index is 4.32. The quantitative estimate of drug-likeness (QED) is 0.877. The fourth-order valence-electron chi connectivity index (χ4n) is 2.75. The molecule has 4 nitrogen and oxygen atoms in total. The van der Waals surface area contributed by atoms with E-state index in [4.69, 9.17) is 0 Å². The van der Waals surface area contributed by atoms with Crippen LogP contribution in [0.2, 0.25) is 0 Å². The van der Waals surface area contributed by atoms with E-state index in [0.29, 0.717) is 6.04 Å².